The van der Waals surface area contributed by atoms with E-state index < -0.39 is 11.6 Å². The van der Waals surface area contributed by atoms with E-state index in [9.17, 15) is 8.78 Å². The van der Waals surface area contributed by atoms with Crippen LogP contribution in [0.4, 0.5) is 8.78 Å². The van der Waals surface area contributed by atoms with Gasteiger partial charge in [0.2, 0.25) is 0 Å². The van der Waals surface area contributed by atoms with Gasteiger partial charge in [-0.05, 0) is 12.1 Å². The van der Waals surface area contributed by atoms with E-state index in [1.165, 1.54) is 12.3 Å². The normalized spacial score (nSPS) is 8.82. The van der Waals surface area contributed by atoms with Crippen molar-refractivity contribution in [3.05, 3.63) is 29.8 Å². The lowest BCUT2D eigenvalue weighted by Gasteiger charge is -1.95. The maximum Gasteiger partial charge on any atom is 0.292 e. The van der Waals surface area contributed by atoms with E-state index in [1.54, 1.807) is 0 Å². The monoisotopic (exact) mass is 155 g/mol. The summed E-state index contributed by atoms with van der Waals surface area (Å²) in [6.45, 7) is 0. The topological polar surface area (TPSA) is 33.0 Å². The van der Waals surface area contributed by atoms with Gasteiger partial charge in [0.15, 0.2) is 11.6 Å². The lowest BCUT2D eigenvalue weighted by molar-refractivity contribution is 0.475. The summed E-state index contributed by atoms with van der Waals surface area (Å²) in [5.41, 5.74) is 0. The highest BCUT2D eigenvalue weighted by atomic mass is 19.2. The van der Waals surface area contributed by atoms with Crippen LogP contribution in [0.5, 0.6) is 5.75 Å². The van der Waals surface area contributed by atoms with E-state index in [0.29, 0.717) is 0 Å². The highest BCUT2D eigenvalue weighted by Gasteiger charge is 2.01. The van der Waals surface area contributed by atoms with E-state index in [-0.39, 0.29) is 5.75 Å². The van der Waals surface area contributed by atoms with Crippen molar-refractivity contribution in [2.24, 2.45) is 0 Å². The predicted octanol–water partition coefficient (Wildman–Crippen LogP) is 1.82. The van der Waals surface area contributed by atoms with Crippen molar-refractivity contribution in [1.82, 2.24) is 0 Å². The molecule has 0 saturated heterocycles. The van der Waals surface area contributed by atoms with E-state index >= 15 is 0 Å². The average Bonchev–Trinajstić information content (AvgIpc) is 1.98. The second-order valence-electron chi connectivity index (χ2n) is 1.77. The Hall–Kier alpha value is -1.63. The van der Waals surface area contributed by atoms with Gasteiger partial charge in [-0.1, -0.05) is 0 Å². The molecule has 1 aromatic rings. The van der Waals surface area contributed by atoms with Crippen molar-refractivity contribution >= 4 is 0 Å². The first-order valence-electron chi connectivity index (χ1n) is 2.75. The number of hydrogen-bond donors (Lipinski definition) is 0. The van der Waals surface area contributed by atoms with Crippen LogP contribution < -0.4 is 4.74 Å². The smallest absolute Gasteiger partial charge is 0.292 e. The molecule has 0 saturated carbocycles. The second-order valence-corrected chi connectivity index (χ2v) is 1.77. The van der Waals surface area contributed by atoms with Crippen LogP contribution in [0.1, 0.15) is 0 Å². The zero-order valence-corrected chi connectivity index (χ0v) is 5.34. The molecule has 0 fully saturated rings. The molecule has 1 aromatic carbocycles. The molecule has 0 aliphatic rings. The zero-order valence-electron chi connectivity index (χ0n) is 5.34. The molecule has 11 heavy (non-hydrogen) atoms. The first kappa shape index (κ1) is 7.48. The number of ether oxygens (including phenoxy) is 1. The van der Waals surface area contributed by atoms with E-state index in [0.717, 1.165) is 12.1 Å². The number of rotatable bonds is 1. The van der Waals surface area contributed by atoms with Crippen LogP contribution in [0.3, 0.4) is 0 Å². The number of nitriles is 1. The van der Waals surface area contributed by atoms with Crippen LogP contribution in [0, 0.1) is 23.2 Å². The second kappa shape index (κ2) is 2.97. The fourth-order valence-electron chi connectivity index (χ4n) is 0.593. The Balaban J connectivity index is 2.98. The van der Waals surface area contributed by atoms with E-state index in [2.05, 4.69) is 4.74 Å². The number of halogens is 2. The van der Waals surface area contributed by atoms with Crippen molar-refractivity contribution < 1.29 is 13.5 Å². The Morgan fingerprint density at radius 2 is 2.00 bits per heavy atom. The Morgan fingerprint density at radius 1 is 1.27 bits per heavy atom. The number of nitrogens with zero attached hydrogens (tertiary/aromatic N) is 1. The maximum atomic E-state index is 12.3. The zero-order chi connectivity index (χ0) is 8.27. The largest absolute Gasteiger partial charge is 0.388 e. The molecule has 0 bridgehead atoms. The fourth-order valence-corrected chi connectivity index (χ4v) is 0.593. The van der Waals surface area contributed by atoms with Crippen LogP contribution in [0.25, 0.3) is 0 Å². The molecule has 0 spiro atoms. The van der Waals surface area contributed by atoms with Gasteiger partial charge < -0.3 is 4.74 Å². The molecule has 0 aliphatic heterocycles. The molecule has 56 valence electrons. The molecular formula is C7H3F2NO. The Bertz CT molecular complexity index is 306. The summed E-state index contributed by atoms with van der Waals surface area (Å²) in [6, 6.07) is 2.86. The Labute approximate surface area is 61.6 Å². The fraction of sp³-hybridized carbons (Fsp3) is 0. The van der Waals surface area contributed by atoms with E-state index in [4.69, 9.17) is 5.26 Å². The van der Waals surface area contributed by atoms with Gasteiger partial charge >= 0.3 is 0 Å². The van der Waals surface area contributed by atoms with Gasteiger partial charge in [0.1, 0.15) is 5.75 Å². The quantitative estimate of drug-likeness (QED) is 0.579. The summed E-state index contributed by atoms with van der Waals surface area (Å²) in [7, 11) is 0. The SMILES string of the molecule is N#COc1ccc(F)c(F)c1. The Kier molecular flexibility index (Phi) is 2.02. The van der Waals surface area contributed by atoms with Crippen molar-refractivity contribution in [2.75, 3.05) is 0 Å². The van der Waals surface area contributed by atoms with Crippen LogP contribution in [0.15, 0.2) is 18.2 Å². The van der Waals surface area contributed by atoms with Gasteiger partial charge in [-0.15, -0.1) is 5.26 Å². The van der Waals surface area contributed by atoms with Crippen LogP contribution in [0.2, 0.25) is 0 Å². The van der Waals surface area contributed by atoms with Gasteiger partial charge in [-0.3, -0.25) is 0 Å². The molecule has 0 radical (unpaired) electrons. The average molecular weight is 155 g/mol. The Morgan fingerprint density at radius 3 is 2.55 bits per heavy atom. The molecule has 1 rings (SSSR count). The third-order valence-corrected chi connectivity index (χ3v) is 1.05. The molecule has 0 N–H and O–H groups in total. The first-order chi connectivity index (χ1) is 5.24. The third kappa shape index (κ3) is 1.64. The molecule has 0 aromatic heterocycles. The lowest BCUT2D eigenvalue weighted by atomic mass is 10.3. The van der Waals surface area contributed by atoms with Gasteiger partial charge in [0, 0.05) is 6.07 Å². The van der Waals surface area contributed by atoms with Gasteiger partial charge in [-0.25, -0.2) is 8.78 Å². The van der Waals surface area contributed by atoms with Crippen molar-refractivity contribution in [3.8, 4) is 12.0 Å². The van der Waals surface area contributed by atoms with Gasteiger partial charge in [0.25, 0.3) is 6.26 Å². The van der Waals surface area contributed by atoms with Gasteiger partial charge in [-0.2, -0.15) is 0 Å². The molecule has 2 nitrogen and oxygen atoms in total. The van der Waals surface area contributed by atoms with Crippen molar-refractivity contribution in [3.63, 3.8) is 0 Å². The number of hydrogen-bond acceptors (Lipinski definition) is 2. The minimum atomic E-state index is -1.03. The summed E-state index contributed by atoms with van der Waals surface area (Å²) in [5, 5.41) is 7.99. The molecule has 4 heteroatoms. The molecule has 0 unspecified atom stereocenters. The first-order valence-corrected chi connectivity index (χ1v) is 2.75. The van der Waals surface area contributed by atoms with Crippen molar-refractivity contribution in [1.29, 1.82) is 5.26 Å². The summed E-state index contributed by atoms with van der Waals surface area (Å²) >= 11 is 0. The van der Waals surface area contributed by atoms with Crippen LogP contribution in [-0.2, 0) is 0 Å². The summed E-state index contributed by atoms with van der Waals surface area (Å²) < 4.78 is 28.8. The minimum absolute atomic E-state index is 0.00796. The molecule has 0 aliphatic carbocycles. The highest BCUT2D eigenvalue weighted by Crippen LogP contribution is 2.14. The summed E-state index contributed by atoms with van der Waals surface area (Å²) in [4.78, 5) is 0. The van der Waals surface area contributed by atoms with Crippen molar-refractivity contribution in [2.45, 2.75) is 0 Å². The predicted molar refractivity (Wildman–Crippen MR) is 32.6 cm³/mol. The third-order valence-electron chi connectivity index (χ3n) is 1.05. The van der Waals surface area contributed by atoms with Crippen LogP contribution in [-0.4, -0.2) is 0 Å². The summed E-state index contributed by atoms with van der Waals surface area (Å²) in [5.74, 6) is -2.00. The maximum absolute atomic E-state index is 12.3. The standard InChI is InChI=1S/C7H3F2NO/c8-6-2-1-5(11-4-10)3-7(6)9/h1-3H. The molecule has 0 atom stereocenters. The highest BCUT2D eigenvalue weighted by molar-refractivity contribution is 5.24. The van der Waals surface area contributed by atoms with Gasteiger partial charge in [0.05, 0.1) is 0 Å². The molecule has 0 amide bonds. The summed E-state index contributed by atoms with van der Waals surface area (Å²) in [6.07, 6.45) is 1.34. The molecule has 0 heterocycles. The number of benzene rings is 1. The van der Waals surface area contributed by atoms with E-state index in [1.807, 2.05) is 0 Å². The minimum Gasteiger partial charge on any atom is -0.388 e. The molecular weight excluding hydrogens is 152 g/mol. The lowest BCUT2D eigenvalue weighted by Crippen LogP contribution is -1.86. The van der Waals surface area contributed by atoms with Crippen LogP contribution >= 0.6 is 0 Å².